The highest BCUT2D eigenvalue weighted by atomic mass is 35.5. The second kappa shape index (κ2) is 14.6. The van der Waals surface area contributed by atoms with Gasteiger partial charge in [0, 0.05) is 36.1 Å². The Kier molecular flexibility index (Phi) is 9.92. The Labute approximate surface area is 279 Å². The molecule has 0 spiro atoms. The van der Waals surface area contributed by atoms with Crippen LogP contribution in [0.2, 0.25) is 5.02 Å². The van der Waals surface area contributed by atoms with Crippen molar-refractivity contribution >= 4 is 23.4 Å². The first-order chi connectivity index (χ1) is 22.9. The molecule has 5 aromatic rings. The van der Waals surface area contributed by atoms with Crippen LogP contribution in [0.5, 0.6) is 5.75 Å². The number of amides is 2. The van der Waals surface area contributed by atoms with Crippen LogP contribution in [0.3, 0.4) is 0 Å². The van der Waals surface area contributed by atoms with Crippen molar-refractivity contribution in [3.8, 4) is 28.5 Å². The van der Waals surface area contributed by atoms with E-state index in [1.807, 2.05) is 71.1 Å². The third-order valence-corrected chi connectivity index (χ3v) is 8.94. The minimum Gasteiger partial charge on any atom is -0.495 e. The van der Waals surface area contributed by atoms with E-state index in [9.17, 15) is 9.59 Å². The molecule has 0 saturated heterocycles. The molecule has 0 unspecified atom stereocenters. The van der Waals surface area contributed by atoms with Crippen molar-refractivity contribution in [1.29, 1.82) is 0 Å². The predicted octanol–water partition coefficient (Wildman–Crippen LogP) is 7.25. The molecule has 3 aromatic carbocycles. The highest BCUT2D eigenvalue weighted by molar-refractivity contribution is 6.32. The summed E-state index contributed by atoms with van der Waals surface area (Å²) in [5.41, 5.74) is 3.34. The van der Waals surface area contributed by atoms with Gasteiger partial charge in [0.15, 0.2) is 11.6 Å². The Hall–Kier alpha value is -5.02. The lowest BCUT2D eigenvalue weighted by Crippen LogP contribution is -2.42. The van der Waals surface area contributed by atoms with E-state index in [1.54, 1.807) is 49.8 Å². The normalized spacial score (nSPS) is 13.7. The minimum absolute atomic E-state index is 0.0592. The zero-order chi connectivity index (χ0) is 32.8. The fraction of sp³-hybridized carbons (Fsp3) is 0.270. The van der Waals surface area contributed by atoms with E-state index in [1.165, 1.54) is 0 Å². The molecule has 0 bridgehead atoms. The molecule has 0 radical (unpaired) electrons. The number of halogens is 1. The number of ether oxygens (including phenoxy) is 1. The number of methoxy groups -OCH3 is 1. The number of aromatic nitrogens is 4. The molecule has 1 aliphatic rings. The monoisotopic (exact) mass is 648 g/mol. The summed E-state index contributed by atoms with van der Waals surface area (Å²) in [6, 6.07) is 25.9. The molecule has 1 N–H and O–H groups in total. The SMILES string of the molecule is COc1ccc(-c2nc(-c3ccncc3)nn2CCN(C(=O)c2ccccc2C(=O)N[C@H](C)c2ccccc2)C2CCCC2)cc1Cl. The molecular weight excluding hydrogens is 612 g/mol. The quantitative estimate of drug-likeness (QED) is 0.162. The third kappa shape index (κ3) is 7.20. The summed E-state index contributed by atoms with van der Waals surface area (Å²) < 4.78 is 7.18. The van der Waals surface area contributed by atoms with Crippen molar-refractivity contribution in [3.63, 3.8) is 0 Å². The number of nitrogens with zero attached hydrogens (tertiary/aromatic N) is 5. The number of benzene rings is 3. The van der Waals surface area contributed by atoms with Gasteiger partial charge in [-0.25, -0.2) is 9.67 Å². The minimum atomic E-state index is -0.284. The number of pyridine rings is 1. The summed E-state index contributed by atoms with van der Waals surface area (Å²) in [7, 11) is 1.57. The maximum atomic E-state index is 14.4. The smallest absolute Gasteiger partial charge is 0.254 e. The zero-order valence-electron chi connectivity index (χ0n) is 26.5. The average molecular weight is 649 g/mol. The summed E-state index contributed by atoms with van der Waals surface area (Å²) in [6.45, 7) is 2.71. The fourth-order valence-corrected chi connectivity index (χ4v) is 6.39. The fourth-order valence-electron chi connectivity index (χ4n) is 6.13. The molecule has 2 heterocycles. The molecular formula is C37H37ClN6O3. The molecule has 1 atom stereocenters. The van der Waals surface area contributed by atoms with Gasteiger partial charge in [-0.1, -0.05) is 66.9 Å². The van der Waals surface area contributed by atoms with Gasteiger partial charge in [0.25, 0.3) is 11.8 Å². The Morgan fingerprint density at radius 2 is 1.66 bits per heavy atom. The van der Waals surface area contributed by atoms with Crippen LogP contribution in [0.15, 0.2) is 97.3 Å². The van der Waals surface area contributed by atoms with Crippen molar-refractivity contribution in [2.24, 2.45) is 0 Å². The number of hydrogen-bond acceptors (Lipinski definition) is 6. The van der Waals surface area contributed by atoms with Crippen LogP contribution < -0.4 is 10.1 Å². The van der Waals surface area contributed by atoms with Gasteiger partial charge in [-0.3, -0.25) is 14.6 Å². The van der Waals surface area contributed by atoms with Gasteiger partial charge in [0.2, 0.25) is 0 Å². The molecule has 2 aromatic heterocycles. The van der Waals surface area contributed by atoms with Crippen LogP contribution in [0.25, 0.3) is 22.8 Å². The van der Waals surface area contributed by atoms with E-state index < -0.39 is 0 Å². The topological polar surface area (TPSA) is 102 Å². The van der Waals surface area contributed by atoms with Crippen LogP contribution in [0, 0.1) is 0 Å². The van der Waals surface area contributed by atoms with Gasteiger partial charge in [-0.2, -0.15) is 5.10 Å². The molecule has 2 amide bonds. The van der Waals surface area contributed by atoms with Gasteiger partial charge in [0.05, 0.1) is 35.8 Å². The standard InChI is InChI=1S/C37H37ClN6O3/c1-25(26-10-4-3-5-11-26)40-36(45)30-14-8-9-15-31(30)37(46)43(29-12-6-7-13-29)22-23-44-35(28-16-17-33(47-2)32(38)24-28)41-34(42-44)27-18-20-39-21-19-27/h3-5,8-11,14-21,24-25,29H,6-7,12-13,22-23H2,1-2H3,(H,40,45)/t25-/m1/s1. The number of rotatable bonds is 11. The molecule has 47 heavy (non-hydrogen) atoms. The first-order valence-corrected chi connectivity index (χ1v) is 16.3. The van der Waals surface area contributed by atoms with E-state index in [-0.39, 0.29) is 23.9 Å². The van der Waals surface area contributed by atoms with E-state index >= 15 is 0 Å². The van der Waals surface area contributed by atoms with Crippen molar-refractivity contribution in [2.75, 3.05) is 13.7 Å². The summed E-state index contributed by atoms with van der Waals surface area (Å²) in [5.74, 6) is 1.28. The van der Waals surface area contributed by atoms with Crippen molar-refractivity contribution in [2.45, 2.75) is 51.2 Å². The third-order valence-electron chi connectivity index (χ3n) is 8.65. The maximum absolute atomic E-state index is 14.4. The van der Waals surface area contributed by atoms with E-state index in [0.717, 1.165) is 42.4 Å². The van der Waals surface area contributed by atoms with Crippen LogP contribution in [-0.4, -0.2) is 56.2 Å². The van der Waals surface area contributed by atoms with Gasteiger partial charge in [-0.05, 0) is 67.8 Å². The number of carbonyl (C=O) groups is 2. The van der Waals surface area contributed by atoms with Gasteiger partial charge in [-0.15, -0.1) is 0 Å². The van der Waals surface area contributed by atoms with Crippen molar-refractivity contribution < 1.29 is 14.3 Å². The molecule has 1 aliphatic carbocycles. The number of nitrogens with one attached hydrogen (secondary N) is 1. The lowest BCUT2D eigenvalue weighted by Gasteiger charge is -2.30. The van der Waals surface area contributed by atoms with Crippen LogP contribution >= 0.6 is 11.6 Å². The molecule has 1 saturated carbocycles. The number of hydrogen-bond donors (Lipinski definition) is 1. The summed E-state index contributed by atoms with van der Waals surface area (Å²) in [6.07, 6.45) is 7.33. The summed E-state index contributed by atoms with van der Waals surface area (Å²) in [5, 5.41) is 8.41. The highest BCUT2D eigenvalue weighted by Crippen LogP contribution is 2.31. The Morgan fingerprint density at radius 3 is 2.36 bits per heavy atom. The predicted molar refractivity (Wildman–Crippen MR) is 182 cm³/mol. The first-order valence-electron chi connectivity index (χ1n) is 15.9. The van der Waals surface area contributed by atoms with Gasteiger partial charge in [0.1, 0.15) is 5.75 Å². The summed E-state index contributed by atoms with van der Waals surface area (Å²) in [4.78, 5) is 38.9. The van der Waals surface area contributed by atoms with E-state index in [4.69, 9.17) is 26.4 Å². The van der Waals surface area contributed by atoms with Crippen molar-refractivity contribution in [3.05, 3.63) is 119 Å². The molecule has 240 valence electrons. The average Bonchev–Trinajstić information content (AvgIpc) is 3.80. The molecule has 9 nitrogen and oxygen atoms in total. The van der Waals surface area contributed by atoms with Gasteiger partial charge >= 0.3 is 0 Å². The van der Waals surface area contributed by atoms with Gasteiger partial charge < -0.3 is 15.0 Å². The lowest BCUT2D eigenvalue weighted by atomic mass is 10.0. The molecule has 6 rings (SSSR count). The lowest BCUT2D eigenvalue weighted by molar-refractivity contribution is 0.0666. The van der Waals surface area contributed by atoms with E-state index in [0.29, 0.717) is 46.6 Å². The maximum Gasteiger partial charge on any atom is 0.254 e. The Morgan fingerprint density at radius 1 is 0.957 bits per heavy atom. The highest BCUT2D eigenvalue weighted by Gasteiger charge is 2.30. The Balaban J connectivity index is 1.30. The van der Waals surface area contributed by atoms with Crippen LogP contribution in [0.4, 0.5) is 0 Å². The largest absolute Gasteiger partial charge is 0.495 e. The molecule has 1 fully saturated rings. The summed E-state index contributed by atoms with van der Waals surface area (Å²) >= 11 is 6.51. The first kappa shape index (κ1) is 31.9. The second-order valence-electron chi connectivity index (χ2n) is 11.7. The van der Waals surface area contributed by atoms with Crippen LogP contribution in [0.1, 0.15) is 64.9 Å². The molecule has 0 aliphatic heterocycles. The molecule has 10 heteroatoms. The van der Waals surface area contributed by atoms with Crippen LogP contribution in [-0.2, 0) is 6.54 Å². The Bertz CT molecular complexity index is 1840. The van der Waals surface area contributed by atoms with E-state index in [2.05, 4.69) is 10.3 Å². The zero-order valence-corrected chi connectivity index (χ0v) is 27.2. The second-order valence-corrected chi connectivity index (χ2v) is 12.1. The van der Waals surface area contributed by atoms with Crippen molar-refractivity contribution in [1.82, 2.24) is 30.0 Å². The number of carbonyl (C=O) groups excluding carboxylic acids is 2.